The van der Waals surface area contributed by atoms with Gasteiger partial charge in [-0.3, -0.25) is 0 Å². The lowest BCUT2D eigenvalue weighted by atomic mass is 10.0. The summed E-state index contributed by atoms with van der Waals surface area (Å²) in [7, 11) is 0. The third kappa shape index (κ3) is 3.51. The van der Waals surface area contributed by atoms with Gasteiger partial charge in [0.2, 0.25) is 5.89 Å². The first-order chi connectivity index (χ1) is 9.31. The first-order valence-electron chi connectivity index (χ1n) is 7.51. The van der Waals surface area contributed by atoms with Crippen molar-refractivity contribution in [1.29, 1.82) is 0 Å². The summed E-state index contributed by atoms with van der Waals surface area (Å²) in [6.07, 6.45) is 10.1. The zero-order valence-corrected chi connectivity index (χ0v) is 12.2. The van der Waals surface area contributed by atoms with Gasteiger partial charge >= 0.3 is 0 Å². The van der Waals surface area contributed by atoms with Gasteiger partial charge in [-0.05, 0) is 32.1 Å². The smallest absolute Gasteiger partial charge is 0.229 e. The molecule has 2 N–H and O–H groups in total. The molecule has 5 heteroatoms. The Bertz CT molecular complexity index is 403. The molecule has 0 radical (unpaired) electrons. The van der Waals surface area contributed by atoms with Crippen LogP contribution in [0.4, 0.5) is 0 Å². The first-order valence-corrected chi connectivity index (χ1v) is 8.56. The highest BCUT2D eigenvalue weighted by Crippen LogP contribution is 2.33. The second-order valence-electron chi connectivity index (χ2n) is 5.89. The maximum atomic E-state index is 5.93. The Morgan fingerprint density at radius 3 is 2.74 bits per heavy atom. The summed E-state index contributed by atoms with van der Waals surface area (Å²) < 4.78 is 5.41. The van der Waals surface area contributed by atoms with Crippen LogP contribution in [0.2, 0.25) is 0 Å². The van der Waals surface area contributed by atoms with Crippen LogP contribution in [0.5, 0.6) is 0 Å². The molecule has 0 saturated heterocycles. The van der Waals surface area contributed by atoms with Gasteiger partial charge in [-0.15, -0.1) is 0 Å². The van der Waals surface area contributed by atoms with Gasteiger partial charge in [-0.1, -0.05) is 24.4 Å². The van der Waals surface area contributed by atoms with Gasteiger partial charge in [0.05, 0.1) is 5.75 Å². The van der Waals surface area contributed by atoms with Crippen LogP contribution in [-0.2, 0) is 5.75 Å². The Morgan fingerprint density at radius 1 is 1.16 bits per heavy atom. The fourth-order valence-corrected chi connectivity index (χ4v) is 4.33. The summed E-state index contributed by atoms with van der Waals surface area (Å²) >= 11 is 2.00. The summed E-state index contributed by atoms with van der Waals surface area (Å²) in [4.78, 5) is 4.56. The SMILES string of the molecule is N[C@H]1CC[C@@H](c2nc(CSC3CCCCC3)no2)C1. The molecule has 0 spiro atoms. The molecule has 0 amide bonds. The third-order valence-corrected chi connectivity index (χ3v) is 5.67. The molecule has 2 fully saturated rings. The Balaban J connectivity index is 1.50. The summed E-state index contributed by atoms with van der Waals surface area (Å²) in [5, 5.41) is 4.92. The molecule has 2 saturated carbocycles. The highest BCUT2D eigenvalue weighted by molar-refractivity contribution is 7.99. The molecule has 3 rings (SSSR count). The van der Waals surface area contributed by atoms with Crippen molar-refractivity contribution in [2.24, 2.45) is 5.73 Å². The number of hydrogen-bond donors (Lipinski definition) is 1. The molecule has 0 aliphatic heterocycles. The van der Waals surface area contributed by atoms with Crippen LogP contribution >= 0.6 is 11.8 Å². The van der Waals surface area contributed by atoms with E-state index >= 15 is 0 Å². The number of nitrogens with zero attached hydrogens (tertiary/aromatic N) is 2. The molecule has 0 bridgehead atoms. The van der Waals surface area contributed by atoms with Gasteiger partial charge in [0.25, 0.3) is 0 Å². The largest absolute Gasteiger partial charge is 0.339 e. The van der Waals surface area contributed by atoms with Crippen molar-refractivity contribution < 1.29 is 4.52 Å². The van der Waals surface area contributed by atoms with Crippen LogP contribution in [0, 0.1) is 0 Å². The molecule has 4 nitrogen and oxygen atoms in total. The van der Waals surface area contributed by atoms with E-state index < -0.39 is 0 Å². The quantitative estimate of drug-likeness (QED) is 0.918. The molecule has 2 aliphatic carbocycles. The second kappa shape index (κ2) is 6.27. The van der Waals surface area contributed by atoms with Gasteiger partial charge in [-0.25, -0.2) is 0 Å². The molecule has 106 valence electrons. The lowest BCUT2D eigenvalue weighted by Gasteiger charge is -2.19. The van der Waals surface area contributed by atoms with Crippen molar-refractivity contribution >= 4 is 11.8 Å². The molecule has 19 heavy (non-hydrogen) atoms. The van der Waals surface area contributed by atoms with Gasteiger partial charge in [0.1, 0.15) is 0 Å². The molecule has 2 atom stereocenters. The number of nitrogens with two attached hydrogens (primary N) is 1. The number of hydrogen-bond acceptors (Lipinski definition) is 5. The molecule has 0 aromatic carbocycles. The van der Waals surface area contributed by atoms with Crippen molar-refractivity contribution in [1.82, 2.24) is 10.1 Å². The number of thioether (sulfide) groups is 1. The van der Waals surface area contributed by atoms with Crippen LogP contribution in [0.15, 0.2) is 4.52 Å². The van der Waals surface area contributed by atoms with Crippen molar-refractivity contribution in [3.8, 4) is 0 Å². The summed E-state index contributed by atoms with van der Waals surface area (Å²) in [5.74, 6) is 2.97. The van der Waals surface area contributed by atoms with E-state index in [0.29, 0.717) is 12.0 Å². The monoisotopic (exact) mass is 281 g/mol. The standard InChI is InChI=1S/C14H23N3OS/c15-11-7-6-10(8-11)14-16-13(17-18-14)9-19-12-4-2-1-3-5-12/h10-12H,1-9,15H2/t10-,11+/m1/s1. The van der Waals surface area contributed by atoms with E-state index in [9.17, 15) is 0 Å². The Kier molecular flexibility index (Phi) is 4.43. The molecule has 1 aromatic rings. The van der Waals surface area contributed by atoms with E-state index in [2.05, 4.69) is 10.1 Å². The Hall–Kier alpha value is -0.550. The normalized spacial score (nSPS) is 28.9. The predicted octanol–water partition coefficient (Wildman–Crippen LogP) is 3.23. The predicted molar refractivity (Wildman–Crippen MR) is 77.0 cm³/mol. The van der Waals surface area contributed by atoms with Crippen molar-refractivity contribution in [2.45, 2.75) is 74.3 Å². The van der Waals surface area contributed by atoms with Crippen LogP contribution in [-0.4, -0.2) is 21.4 Å². The molecule has 1 aromatic heterocycles. The van der Waals surface area contributed by atoms with E-state index in [4.69, 9.17) is 10.3 Å². The van der Waals surface area contributed by atoms with E-state index in [0.717, 1.165) is 42.0 Å². The van der Waals surface area contributed by atoms with Gasteiger partial charge in [-0.2, -0.15) is 16.7 Å². The lowest BCUT2D eigenvalue weighted by molar-refractivity contribution is 0.350. The Morgan fingerprint density at radius 2 is 2.00 bits per heavy atom. The van der Waals surface area contributed by atoms with Crippen molar-refractivity contribution in [2.75, 3.05) is 0 Å². The average Bonchev–Trinajstić information content (AvgIpc) is 3.06. The molecule has 1 heterocycles. The maximum absolute atomic E-state index is 5.93. The minimum Gasteiger partial charge on any atom is -0.339 e. The van der Waals surface area contributed by atoms with Gasteiger partial charge in [0.15, 0.2) is 5.82 Å². The van der Waals surface area contributed by atoms with Gasteiger partial charge in [0, 0.05) is 17.2 Å². The van der Waals surface area contributed by atoms with Crippen LogP contribution in [0.3, 0.4) is 0 Å². The van der Waals surface area contributed by atoms with E-state index in [1.807, 2.05) is 11.8 Å². The topological polar surface area (TPSA) is 64.9 Å². The summed E-state index contributed by atoms with van der Waals surface area (Å²) in [6.45, 7) is 0. The average molecular weight is 281 g/mol. The van der Waals surface area contributed by atoms with Crippen LogP contribution < -0.4 is 5.73 Å². The lowest BCUT2D eigenvalue weighted by Crippen LogP contribution is -2.14. The summed E-state index contributed by atoms with van der Waals surface area (Å²) in [6, 6.07) is 0.317. The molecular weight excluding hydrogens is 258 g/mol. The highest BCUT2D eigenvalue weighted by atomic mass is 32.2. The number of aromatic nitrogens is 2. The minimum atomic E-state index is 0.317. The first kappa shape index (κ1) is 13.4. The highest BCUT2D eigenvalue weighted by Gasteiger charge is 2.27. The fourth-order valence-electron chi connectivity index (χ4n) is 3.16. The second-order valence-corrected chi connectivity index (χ2v) is 7.18. The van der Waals surface area contributed by atoms with Crippen molar-refractivity contribution in [3.05, 3.63) is 11.7 Å². The summed E-state index contributed by atoms with van der Waals surface area (Å²) in [5.41, 5.74) is 5.93. The maximum Gasteiger partial charge on any atom is 0.229 e. The van der Waals surface area contributed by atoms with E-state index in [-0.39, 0.29) is 0 Å². The molecule has 0 unspecified atom stereocenters. The zero-order valence-electron chi connectivity index (χ0n) is 11.4. The Labute approximate surface area is 118 Å². The number of rotatable bonds is 4. The molecular formula is C14H23N3OS. The third-order valence-electron chi connectivity index (χ3n) is 4.31. The van der Waals surface area contributed by atoms with Crippen LogP contribution in [0.1, 0.15) is 69.0 Å². The minimum absolute atomic E-state index is 0.317. The van der Waals surface area contributed by atoms with E-state index in [1.54, 1.807) is 0 Å². The van der Waals surface area contributed by atoms with Crippen LogP contribution in [0.25, 0.3) is 0 Å². The van der Waals surface area contributed by atoms with Gasteiger partial charge < -0.3 is 10.3 Å². The zero-order chi connectivity index (χ0) is 13.1. The van der Waals surface area contributed by atoms with Crippen molar-refractivity contribution in [3.63, 3.8) is 0 Å². The molecule has 2 aliphatic rings. The fraction of sp³-hybridized carbons (Fsp3) is 0.857. The van der Waals surface area contributed by atoms with E-state index in [1.165, 1.54) is 32.1 Å².